The molecule has 0 bridgehead atoms. The van der Waals surface area contributed by atoms with Crippen molar-refractivity contribution in [2.75, 3.05) is 6.79 Å². The predicted octanol–water partition coefficient (Wildman–Crippen LogP) is 2.91. The van der Waals surface area contributed by atoms with Crippen LogP contribution in [0.3, 0.4) is 0 Å². The number of nitrogens with one attached hydrogen (secondary N) is 1. The molecule has 1 aromatic heterocycles. The lowest BCUT2D eigenvalue weighted by Gasteiger charge is -2.02. The Morgan fingerprint density at radius 3 is 2.85 bits per heavy atom. The SMILES string of the molecule is O=C(NCc1cc(-c2ccc3c(c2)OCO3)on1)c1cccc([N+](=O)[O-])c1. The van der Waals surface area contributed by atoms with Crippen LogP contribution in [0.25, 0.3) is 11.3 Å². The van der Waals surface area contributed by atoms with Gasteiger partial charge in [0.25, 0.3) is 11.6 Å². The summed E-state index contributed by atoms with van der Waals surface area (Å²) in [6, 6.07) is 12.6. The van der Waals surface area contributed by atoms with Gasteiger partial charge in [-0.05, 0) is 24.3 Å². The average Bonchev–Trinajstić information content (AvgIpc) is 3.34. The van der Waals surface area contributed by atoms with Gasteiger partial charge < -0.3 is 19.3 Å². The number of non-ortho nitro benzene ring substituents is 1. The third-order valence-corrected chi connectivity index (χ3v) is 3.97. The van der Waals surface area contributed by atoms with E-state index in [0.717, 1.165) is 5.56 Å². The molecule has 4 rings (SSSR count). The molecule has 27 heavy (non-hydrogen) atoms. The van der Waals surface area contributed by atoms with Crippen molar-refractivity contribution in [3.63, 3.8) is 0 Å². The highest BCUT2D eigenvalue weighted by atomic mass is 16.7. The van der Waals surface area contributed by atoms with E-state index in [9.17, 15) is 14.9 Å². The van der Waals surface area contributed by atoms with Crippen molar-refractivity contribution < 1.29 is 23.7 Å². The van der Waals surface area contributed by atoms with Crippen LogP contribution >= 0.6 is 0 Å². The smallest absolute Gasteiger partial charge is 0.270 e. The fourth-order valence-electron chi connectivity index (χ4n) is 2.61. The van der Waals surface area contributed by atoms with Gasteiger partial charge in [-0.25, -0.2) is 0 Å². The van der Waals surface area contributed by atoms with E-state index in [2.05, 4.69) is 10.5 Å². The lowest BCUT2D eigenvalue weighted by molar-refractivity contribution is -0.384. The Morgan fingerprint density at radius 1 is 1.15 bits per heavy atom. The second-order valence-electron chi connectivity index (χ2n) is 5.74. The minimum absolute atomic E-state index is 0.121. The number of nitro benzene ring substituents is 1. The maximum absolute atomic E-state index is 12.2. The van der Waals surface area contributed by atoms with Gasteiger partial charge >= 0.3 is 0 Å². The zero-order valence-electron chi connectivity index (χ0n) is 13.9. The van der Waals surface area contributed by atoms with E-state index >= 15 is 0 Å². The molecule has 136 valence electrons. The molecule has 9 heteroatoms. The van der Waals surface area contributed by atoms with Crippen LogP contribution in [-0.2, 0) is 6.54 Å². The largest absolute Gasteiger partial charge is 0.454 e. The van der Waals surface area contributed by atoms with Gasteiger partial charge in [-0.1, -0.05) is 11.2 Å². The zero-order valence-corrected chi connectivity index (χ0v) is 13.9. The molecule has 2 heterocycles. The van der Waals surface area contributed by atoms with Crippen molar-refractivity contribution in [2.24, 2.45) is 0 Å². The van der Waals surface area contributed by atoms with Crippen molar-refractivity contribution in [2.45, 2.75) is 6.54 Å². The number of nitro groups is 1. The summed E-state index contributed by atoms with van der Waals surface area (Å²) in [5.74, 6) is 1.38. The monoisotopic (exact) mass is 367 g/mol. The molecule has 3 aromatic rings. The van der Waals surface area contributed by atoms with E-state index in [1.165, 1.54) is 24.3 Å². The highest BCUT2D eigenvalue weighted by Gasteiger charge is 2.16. The van der Waals surface area contributed by atoms with Crippen LogP contribution < -0.4 is 14.8 Å². The van der Waals surface area contributed by atoms with E-state index in [1.54, 1.807) is 18.2 Å². The zero-order chi connectivity index (χ0) is 18.8. The van der Waals surface area contributed by atoms with Gasteiger partial charge in [0.05, 0.1) is 11.5 Å². The second kappa shape index (κ2) is 6.79. The summed E-state index contributed by atoms with van der Waals surface area (Å²) in [6.45, 7) is 0.305. The van der Waals surface area contributed by atoms with Gasteiger partial charge in [0.2, 0.25) is 6.79 Å². The number of carbonyl (C=O) groups is 1. The summed E-state index contributed by atoms with van der Waals surface area (Å²) in [5, 5.41) is 17.4. The summed E-state index contributed by atoms with van der Waals surface area (Å²) in [4.78, 5) is 22.4. The van der Waals surface area contributed by atoms with Crippen molar-refractivity contribution in [1.82, 2.24) is 10.5 Å². The van der Waals surface area contributed by atoms with Gasteiger partial charge in [-0.3, -0.25) is 14.9 Å². The standard InChI is InChI=1S/C18H13N3O6/c22-18(12-2-1-3-14(6-12)21(23)24)19-9-13-8-16(27-20-13)11-4-5-15-17(7-11)26-10-25-15/h1-8H,9-10H2,(H,19,22). The maximum Gasteiger partial charge on any atom is 0.270 e. The number of hydrogen-bond acceptors (Lipinski definition) is 7. The molecule has 0 atom stereocenters. The van der Waals surface area contributed by atoms with E-state index in [-0.39, 0.29) is 24.6 Å². The molecule has 9 nitrogen and oxygen atoms in total. The highest BCUT2D eigenvalue weighted by molar-refractivity contribution is 5.94. The third kappa shape index (κ3) is 3.43. The fraction of sp³-hybridized carbons (Fsp3) is 0.111. The van der Waals surface area contributed by atoms with E-state index in [0.29, 0.717) is 23.0 Å². The Morgan fingerprint density at radius 2 is 2.00 bits per heavy atom. The van der Waals surface area contributed by atoms with Crippen LogP contribution in [0.4, 0.5) is 5.69 Å². The average molecular weight is 367 g/mol. The van der Waals surface area contributed by atoms with Gasteiger partial charge in [0.15, 0.2) is 17.3 Å². The molecular formula is C18H13N3O6. The molecule has 0 radical (unpaired) electrons. The second-order valence-corrected chi connectivity index (χ2v) is 5.74. The van der Waals surface area contributed by atoms with E-state index in [1.807, 2.05) is 6.07 Å². The van der Waals surface area contributed by atoms with Crippen molar-refractivity contribution >= 4 is 11.6 Å². The molecule has 0 unspecified atom stereocenters. The third-order valence-electron chi connectivity index (χ3n) is 3.97. The first kappa shape index (κ1) is 16.6. The Balaban J connectivity index is 1.43. The number of benzene rings is 2. The van der Waals surface area contributed by atoms with E-state index < -0.39 is 10.8 Å². The van der Waals surface area contributed by atoms with Crippen LogP contribution in [0.1, 0.15) is 16.1 Å². The summed E-state index contributed by atoms with van der Waals surface area (Å²) in [7, 11) is 0. The molecule has 0 aliphatic carbocycles. The van der Waals surface area contributed by atoms with Crippen LogP contribution in [0, 0.1) is 10.1 Å². The molecule has 1 aliphatic rings. The number of hydrogen-bond donors (Lipinski definition) is 1. The number of rotatable bonds is 5. The molecule has 0 saturated heterocycles. The number of amides is 1. The minimum atomic E-state index is -0.550. The number of nitrogens with zero attached hydrogens (tertiary/aromatic N) is 2. The molecule has 0 saturated carbocycles. The van der Waals surface area contributed by atoms with Gasteiger partial charge in [-0.15, -0.1) is 0 Å². The van der Waals surface area contributed by atoms with Crippen LogP contribution in [0.15, 0.2) is 53.1 Å². The summed E-state index contributed by atoms with van der Waals surface area (Å²) < 4.78 is 15.9. The van der Waals surface area contributed by atoms with Gasteiger partial charge in [0.1, 0.15) is 5.69 Å². The Kier molecular flexibility index (Phi) is 4.17. The van der Waals surface area contributed by atoms with Gasteiger partial charge in [-0.2, -0.15) is 0 Å². The molecule has 2 aromatic carbocycles. The molecule has 1 N–H and O–H groups in total. The molecule has 1 aliphatic heterocycles. The van der Waals surface area contributed by atoms with Gasteiger partial charge in [0, 0.05) is 29.3 Å². The van der Waals surface area contributed by atoms with Crippen LogP contribution in [0.2, 0.25) is 0 Å². The number of fused-ring (bicyclic) bond motifs is 1. The predicted molar refractivity (Wildman–Crippen MR) is 92.3 cm³/mol. The Bertz CT molecular complexity index is 1030. The first-order valence-corrected chi connectivity index (χ1v) is 7.98. The first-order valence-electron chi connectivity index (χ1n) is 7.98. The molecule has 0 fully saturated rings. The summed E-state index contributed by atoms with van der Waals surface area (Å²) >= 11 is 0. The molecule has 1 amide bonds. The van der Waals surface area contributed by atoms with Crippen LogP contribution in [0.5, 0.6) is 11.5 Å². The van der Waals surface area contributed by atoms with Crippen LogP contribution in [-0.4, -0.2) is 22.8 Å². The van der Waals surface area contributed by atoms with Crippen molar-refractivity contribution in [3.8, 4) is 22.8 Å². The summed E-state index contributed by atoms with van der Waals surface area (Å²) in [5.41, 5.74) is 1.34. The normalized spacial score (nSPS) is 12.0. The Hall–Kier alpha value is -3.88. The highest BCUT2D eigenvalue weighted by Crippen LogP contribution is 2.36. The minimum Gasteiger partial charge on any atom is -0.454 e. The fourth-order valence-corrected chi connectivity index (χ4v) is 2.61. The lowest BCUT2D eigenvalue weighted by atomic mass is 10.1. The molecular weight excluding hydrogens is 354 g/mol. The molecule has 0 spiro atoms. The maximum atomic E-state index is 12.2. The first-order chi connectivity index (χ1) is 13.1. The van der Waals surface area contributed by atoms with Crippen molar-refractivity contribution in [1.29, 1.82) is 0 Å². The number of carbonyl (C=O) groups excluding carboxylic acids is 1. The number of aromatic nitrogens is 1. The number of ether oxygens (including phenoxy) is 2. The van der Waals surface area contributed by atoms with Crippen molar-refractivity contribution in [3.05, 3.63) is 69.9 Å². The quantitative estimate of drug-likeness (QED) is 0.544. The van der Waals surface area contributed by atoms with E-state index in [4.69, 9.17) is 14.0 Å². The summed E-state index contributed by atoms with van der Waals surface area (Å²) in [6.07, 6.45) is 0. The lowest BCUT2D eigenvalue weighted by Crippen LogP contribution is -2.22. The topological polar surface area (TPSA) is 117 Å². The Labute approximate surface area is 152 Å².